The molecule has 1 heterocycles. The Morgan fingerprint density at radius 3 is 2.43 bits per heavy atom. The minimum absolute atomic E-state index is 0. The van der Waals surface area contributed by atoms with Crippen molar-refractivity contribution in [3.63, 3.8) is 0 Å². The molecule has 0 aliphatic rings. The predicted molar refractivity (Wildman–Crippen MR) is 105 cm³/mol. The van der Waals surface area contributed by atoms with Gasteiger partial charge >= 0.3 is 12.1 Å². The van der Waals surface area contributed by atoms with Gasteiger partial charge in [0.05, 0.1) is 18.6 Å². The third kappa shape index (κ3) is 5.49. The monoisotopic (exact) mass is 444 g/mol. The summed E-state index contributed by atoms with van der Waals surface area (Å²) < 4.78 is 55.7. The van der Waals surface area contributed by atoms with E-state index in [1.807, 2.05) is 0 Å². The van der Waals surface area contributed by atoms with Gasteiger partial charge in [-0.3, -0.25) is 0 Å². The van der Waals surface area contributed by atoms with E-state index in [2.05, 4.69) is 9.84 Å². The van der Waals surface area contributed by atoms with E-state index in [0.29, 0.717) is 23.1 Å². The molecule has 11 heteroatoms. The first-order valence-corrected chi connectivity index (χ1v) is 8.40. The minimum atomic E-state index is -4.76. The number of nitrogens with two attached hydrogens (primary N) is 1. The first-order chi connectivity index (χ1) is 13.8. The van der Waals surface area contributed by atoms with E-state index in [0.717, 1.165) is 4.68 Å². The first kappa shape index (κ1) is 23.2. The molecule has 3 aromatic rings. The summed E-state index contributed by atoms with van der Waals surface area (Å²) in [7, 11) is 0. The molecular formula is C19H17ClF4N4O2. The Hall–Kier alpha value is -3.11. The van der Waals surface area contributed by atoms with Crippen LogP contribution in [0, 0.1) is 0 Å². The van der Waals surface area contributed by atoms with E-state index < -0.39 is 12.1 Å². The Morgan fingerprint density at radius 2 is 1.83 bits per heavy atom. The molecule has 0 fully saturated rings. The van der Waals surface area contributed by atoms with Crippen LogP contribution in [0.15, 0.2) is 71.6 Å². The van der Waals surface area contributed by atoms with Crippen molar-refractivity contribution in [3.05, 3.63) is 77.2 Å². The van der Waals surface area contributed by atoms with E-state index >= 15 is 0 Å². The van der Waals surface area contributed by atoms with Crippen LogP contribution in [0.4, 0.5) is 17.6 Å². The van der Waals surface area contributed by atoms with Gasteiger partial charge < -0.3 is 10.5 Å². The minimum Gasteiger partial charge on any atom is -0.406 e. The van der Waals surface area contributed by atoms with Crippen LogP contribution in [0.2, 0.25) is 0 Å². The SMILES string of the molecule is Cl.NC/C(=C\F)Cn1ncn(-c2cccc(-c3ccc(OC(F)(F)F)cc3)c2)c1=O. The molecule has 0 aliphatic carbocycles. The molecule has 1 aromatic heterocycles. The fraction of sp³-hybridized carbons (Fsp3) is 0.158. The smallest absolute Gasteiger partial charge is 0.406 e. The third-order valence-electron chi connectivity index (χ3n) is 4.05. The van der Waals surface area contributed by atoms with Gasteiger partial charge in [0.15, 0.2) is 0 Å². The second-order valence-corrected chi connectivity index (χ2v) is 6.04. The van der Waals surface area contributed by atoms with Crippen molar-refractivity contribution in [1.29, 1.82) is 0 Å². The standard InChI is InChI=1S/C19H16F4N4O2.ClH/c20-9-13(10-24)11-27-18(28)26(12-25-27)16-3-1-2-15(8-16)14-4-6-17(7-5-14)29-19(21,22)23;/h1-9,12H,10-11,24H2;1H/b13-9+;. The van der Waals surface area contributed by atoms with Crippen LogP contribution in [-0.2, 0) is 6.54 Å². The van der Waals surface area contributed by atoms with E-state index in [4.69, 9.17) is 5.73 Å². The van der Waals surface area contributed by atoms with Gasteiger partial charge in [-0.2, -0.15) is 5.10 Å². The average molecular weight is 445 g/mol. The zero-order valence-corrected chi connectivity index (χ0v) is 16.2. The summed E-state index contributed by atoms with van der Waals surface area (Å²) in [5.41, 5.74) is 6.93. The molecule has 3 rings (SSSR count). The molecule has 0 aliphatic heterocycles. The summed E-state index contributed by atoms with van der Waals surface area (Å²) in [6.45, 7) is -0.113. The maximum absolute atomic E-state index is 12.7. The zero-order valence-electron chi connectivity index (χ0n) is 15.3. The number of aromatic nitrogens is 3. The summed E-state index contributed by atoms with van der Waals surface area (Å²) in [6, 6.07) is 12.2. The van der Waals surface area contributed by atoms with Gasteiger partial charge in [-0.05, 0) is 41.0 Å². The molecular weight excluding hydrogens is 428 g/mol. The summed E-state index contributed by atoms with van der Waals surface area (Å²) in [5.74, 6) is -0.327. The summed E-state index contributed by atoms with van der Waals surface area (Å²) in [4.78, 5) is 12.5. The van der Waals surface area contributed by atoms with Gasteiger partial charge in [-0.1, -0.05) is 24.3 Å². The number of ether oxygens (including phenoxy) is 1. The van der Waals surface area contributed by atoms with E-state index in [9.17, 15) is 22.4 Å². The lowest BCUT2D eigenvalue weighted by atomic mass is 10.1. The van der Waals surface area contributed by atoms with Crippen molar-refractivity contribution in [3.8, 4) is 22.6 Å². The lowest BCUT2D eigenvalue weighted by molar-refractivity contribution is -0.274. The molecule has 2 N–H and O–H groups in total. The van der Waals surface area contributed by atoms with E-state index in [-0.39, 0.29) is 36.8 Å². The molecule has 0 atom stereocenters. The number of rotatable bonds is 6. The lowest BCUT2D eigenvalue weighted by Gasteiger charge is -2.10. The molecule has 2 aromatic carbocycles. The van der Waals surface area contributed by atoms with Crippen LogP contribution in [-0.4, -0.2) is 27.3 Å². The Morgan fingerprint density at radius 1 is 1.13 bits per heavy atom. The molecule has 0 radical (unpaired) electrons. The van der Waals surface area contributed by atoms with Gasteiger partial charge in [0.1, 0.15) is 12.1 Å². The lowest BCUT2D eigenvalue weighted by Crippen LogP contribution is -2.25. The van der Waals surface area contributed by atoms with Crippen LogP contribution < -0.4 is 16.2 Å². The molecule has 0 saturated carbocycles. The first-order valence-electron chi connectivity index (χ1n) is 8.40. The van der Waals surface area contributed by atoms with Crippen LogP contribution >= 0.6 is 12.4 Å². The Kier molecular flexibility index (Phi) is 7.41. The highest BCUT2D eigenvalue weighted by molar-refractivity contribution is 5.85. The van der Waals surface area contributed by atoms with Crippen molar-refractivity contribution in [2.45, 2.75) is 12.9 Å². The maximum atomic E-state index is 12.7. The number of benzene rings is 2. The maximum Gasteiger partial charge on any atom is 0.573 e. The van der Waals surface area contributed by atoms with Crippen LogP contribution in [0.1, 0.15) is 0 Å². The van der Waals surface area contributed by atoms with Gasteiger partial charge in [-0.15, -0.1) is 25.6 Å². The van der Waals surface area contributed by atoms with Crippen LogP contribution in [0.5, 0.6) is 5.75 Å². The van der Waals surface area contributed by atoms with Crippen LogP contribution in [0.3, 0.4) is 0 Å². The van der Waals surface area contributed by atoms with Crippen molar-refractivity contribution >= 4 is 12.4 Å². The zero-order chi connectivity index (χ0) is 21.0. The summed E-state index contributed by atoms with van der Waals surface area (Å²) >= 11 is 0. The molecule has 0 spiro atoms. The molecule has 6 nitrogen and oxygen atoms in total. The number of halogens is 5. The number of nitrogens with zero attached hydrogens (tertiary/aromatic N) is 3. The number of hydrogen-bond donors (Lipinski definition) is 1. The third-order valence-corrected chi connectivity index (χ3v) is 4.05. The van der Waals surface area contributed by atoms with Gasteiger partial charge in [0.25, 0.3) is 0 Å². The predicted octanol–water partition coefficient (Wildman–Crippen LogP) is 3.83. The van der Waals surface area contributed by atoms with Gasteiger partial charge in [0, 0.05) is 6.54 Å². The molecule has 160 valence electrons. The fourth-order valence-corrected chi connectivity index (χ4v) is 2.64. The summed E-state index contributed by atoms with van der Waals surface area (Å²) in [6.07, 6.45) is -3.11. The van der Waals surface area contributed by atoms with Gasteiger partial charge in [-0.25, -0.2) is 18.4 Å². The summed E-state index contributed by atoms with van der Waals surface area (Å²) in [5, 5.41) is 3.96. The second-order valence-electron chi connectivity index (χ2n) is 6.04. The van der Waals surface area contributed by atoms with Crippen molar-refractivity contribution in [2.75, 3.05) is 6.54 Å². The Labute approximate surface area is 174 Å². The Bertz CT molecular complexity index is 1080. The average Bonchev–Trinajstić information content (AvgIpc) is 3.05. The van der Waals surface area contributed by atoms with Crippen molar-refractivity contribution in [1.82, 2.24) is 14.3 Å². The molecule has 30 heavy (non-hydrogen) atoms. The molecule has 0 bridgehead atoms. The van der Waals surface area contributed by atoms with E-state index in [1.54, 1.807) is 24.3 Å². The number of alkyl halides is 3. The van der Waals surface area contributed by atoms with Crippen molar-refractivity contribution < 1.29 is 22.3 Å². The Balaban J connectivity index is 0.00000320. The highest BCUT2D eigenvalue weighted by Gasteiger charge is 2.30. The van der Waals surface area contributed by atoms with Crippen LogP contribution in [0.25, 0.3) is 16.8 Å². The van der Waals surface area contributed by atoms with Crippen molar-refractivity contribution in [2.24, 2.45) is 5.73 Å². The van der Waals surface area contributed by atoms with E-state index in [1.165, 1.54) is 35.2 Å². The highest BCUT2D eigenvalue weighted by atomic mass is 35.5. The quantitative estimate of drug-likeness (QED) is 0.586. The van der Waals surface area contributed by atoms with Gasteiger partial charge in [0.2, 0.25) is 0 Å². The normalized spacial score (nSPS) is 11.8. The largest absolute Gasteiger partial charge is 0.573 e. The number of hydrogen-bond acceptors (Lipinski definition) is 4. The molecule has 0 amide bonds. The molecule has 0 unspecified atom stereocenters. The fourth-order valence-electron chi connectivity index (χ4n) is 2.64. The topological polar surface area (TPSA) is 75.1 Å². The highest BCUT2D eigenvalue weighted by Crippen LogP contribution is 2.27. The second kappa shape index (κ2) is 9.59. The molecule has 0 saturated heterocycles.